The predicted molar refractivity (Wildman–Crippen MR) is 57.9 cm³/mol. The van der Waals surface area contributed by atoms with Crippen LogP contribution in [0.5, 0.6) is 0 Å². The number of hydrogen-bond acceptors (Lipinski definition) is 3. The quantitative estimate of drug-likeness (QED) is 0.516. The first-order valence-electron chi connectivity index (χ1n) is 4.25. The fraction of sp³-hybridized carbons (Fsp3) is 0.444. The molecule has 5 N–H and O–H groups in total. The number of alkyl halides is 1. The molecular formula is C9H13BrN2O2. The third-order valence-corrected chi connectivity index (χ3v) is 2.61. The first-order valence-corrected chi connectivity index (χ1v) is 5.04. The van der Waals surface area contributed by atoms with Gasteiger partial charge in [0.05, 0.1) is 4.45 Å². The Morgan fingerprint density at radius 3 is 2.86 bits per heavy atom. The molecule has 0 saturated heterocycles. The standard InChI is InChI=1S/C9H13BrN2O2/c10-9(12)3-1-6(2-4-9)5-7(11)8(13)14/h1-3,7H,4-5,11-12H2,(H,13,14)/t7-,9?/m0/s1. The Kier molecular flexibility index (Phi) is 3.47. The minimum atomic E-state index is -0.984. The van der Waals surface area contributed by atoms with Gasteiger partial charge in [-0.3, -0.25) is 4.79 Å². The van der Waals surface area contributed by atoms with Gasteiger partial charge in [0, 0.05) is 0 Å². The van der Waals surface area contributed by atoms with Crippen molar-refractivity contribution in [3.63, 3.8) is 0 Å². The van der Waals surface area contributed by atoms with Crippen LogP contribution in [-0.4, -0.2) is 21.6 Å². The molecule has 1 rings (SSSR count). The highest BCUT2D eigenvalue weighted by Crippen LogP contribution is 2.25. The van der Waals surface area contributed by atoms with Gasteiger partial charge in [0.1, 0.15) is 6.04 Å². The molecule has 0 spiro atoms. The maximum Gasteiger partial charge on any atom is 0.320 e. The zero-order chi connectivity index (χ0) is 10.8. The van der Waals surface area contributed by atoms with E-state index in [-0.39, 0.29) is 0 Å². The summed E-state index contributed by atoms with van der Waals surface area (Å²) in [5.74, 6) is -0.984. The fourth-order valence-corrected chi connectivity index (χ4v) is 1.46. The largest absolute Gasteiger partial charge is 0.480 e. The van der Waals surface area contributed by atoms with Crippen LogP contribution in [0.15, 0.2) is 23.8 Å². The second-order valence-electron chi connectivity index (χ2n) is 3.39. The highest BCUT2D eigenvalue weighted by Gasteiger charge is 2.20. The SMILES string of the molecule is N[C@@H](CC1=CCC(N)(Br)C=C1)C(=O)O. The van der Waals surface area contributed by atoms with Gasteiger partial charge in [-0.05, 0) is 18.4 Å². The van der Waals surface area contributed by atoms with Crippen molar-refractivity contribution < 1.29 is 9.90 Å². The lowest BCUT2D eigenvalue weighted by molar-refractivity contribution is -0.138. The predicted octanol–water partition coefficient (Wildman–Crippen LogP) is 0.725. The summed E-state index contributed by atoms with van der Waals surface area (Å²) < 4.78 is -0.496. The smallest absolute Gasteiger partial charge is 0.320 e. The van der Waals surface area contributed by atoms with Crippen molar-refractivity contribution in [1.82, 2.24) is 0 Å². The molecule has 1 aliphatic rings. The Balaban J connectivity index is 2.54. The Labute approximate surface area is 90.8 Å². The fourth-order valence-electron chi connectivity index (χ4n) is 1.16. The number of aliphatic carboxylic acids is 1. The second-order valence-corrected chi connectivity index (χ2v) is 4.87. The van der Waals surface area contributed by atoms with E-state index in [0.29, 0.717) is 12.8 Å². The van der Waals surface area contributed by atoms with E-state index in [9.17, 15) is 4.79 Å². The number of carboxylic acids is 1. The number of carbonyl (C=O) groups is 1. The summed E-state index contributed by atoms with van der Waals surface area (Å²) in [6.07, 6.45) is 6.50. The Hall–Kier alpha value is -0.650. The lowest BCUT2D eigenvalue weighted by atomic mass is 9.98. The summed E-state index contributed by atoms with van der Waals surface area (Å²) in [7, 11) is 0. The average Bonchev–Trinajstić information content (AvgIpc) is 2.08. The molecule has 4 nitrogen and oxygen atoms in total. The summed E-state index contributed by atoms with van der Waals surface area (Å²) in [4.78, 5) is 10.5. The molecular weight excluding hydrogens is 248 g/mol. The van der Waals surface area contributed by atoms with Crippen molar-refractivity contribution in [1.29, 1.82) is 0 Å². The molecule has 0 fully saturated rings. The minimum Gasteiger partial charge on any atom is -0.480 e. The number of nitrogens with two attached hydrogens (primary N) is 2. The van der Waals surface area contributed by atoms with Crippen LogP contribution in [0, 0.1) is 0 Å². The third-order valence-electron chi connectivity index (χ3n) is 2.02. The minimum absolute atomic E-state index is 0.342. The van der Waals surface area contributed by atoms with Gasteiger partial charge in [0.2, 0.25) is 0 Å². The zero-order valence-corrected chi connectivity index (χ0v) is 9.20. The number of halogens is 1. The first-order chi connectivity index (χ1) is 6.41. The first kappa shape index (κ1) is 11.4. The molecule has 0 amide bonds. The van der Waals surface area contributed by atoms with Crippen LogP contribution in [0.1, 0.15) is 12.8 Å². The number of allylic oxidation sites excluding steroid dienone is 1. The molecule has 0 radical (unpaired) electrons. The van der Waals surface area contributed by atoms with E-state index in [1.165, 1.54) is 0 Å². The molecule has 0 aromatic rings. The lowest BCUT2D eigenvalue weighted by Gasteiger charge is -2.21. The van der Waals surface area contributed by atoms with Crippen LogP contribution >= 0.6 is 15.9 Å². The average molecular weight is 261 g/mol. The number of carboxylic acid groups (broad SMARTS) is 1. The second kappa shape index (κ2) is 4.25. The Bertz CT molecular complexity index is 297. The zero-order valence-electron chi connectivity index (χ0n) is 7.61. The van der Waals surface area contributed by atoms with Crippen molar-refractivity contribution in [2.24, 2.45) is 11.5 Å². The van der Waals surface area contributed by atoms with Gasteiger partial charge < -0.3 is 16.6 Å². The molecule has 0 aromatic heterocycles. The van der Waals surface area contributed by atoms with Gasteiger partial charge in [0.15, 0.2) is 0 Å². The molecule has 0 aromatic carbocycles. The lowest BCUT2D eigenvalue weighted by Crippen LogP contribution is -2.33. The molecule has 1 unspecified atom stereocenters. The summed E-state index contributed by atoms with van der Waals surface area (Å²) in [6.45, 7) is 0. The highest BCUT2D eigenvalue weighted by atomic mass is 79.9. The maximum atomic E-state index is 10.5. The van der Waals surface area contributed by atoms with Crippen LogP contribution in [0.2, 0.25) is 0 Å². The number of rotatable bonds is 3. The van der Waals surface area contributed by atoms with Gasteiger partial charge in [0.25, 0.3) is 0 Å². The maximum absolute atomic E-state index is 10.5. The van der Waals surface area contributed by atoms with E-state index < -0.39 is 16.5 Å². The van der Waals surface area contributed by atoms with Crippen LogP contribution in [0.4, 0.5) is 0 Å². The van der Waals surface area contributed by atoms with Crippen molar-refractivity contribution in [2.45, 2.75) is 23.3 Å². The van der Waals surface area contributed by atoms with Gasteiger partial charge in [-0.25, -0.2) is 0 Å². The Morgan fingerprint density at radius 2 is 2.43 bits per heavy atom. The van der Waals surface area contributed by atoms with E-state index in [0.717, 1.165) is 5.57 Å². The molecule has 0 aliphatic heterocycles. The van der Waals surface area contributed by atoms with E-state index in [1.54, 1.807) is 12.2 Å². The van der Waals surface area contributed by atoms with Crippen molar-refractivity contribution >= 4 is 21.9 Å². The molecule has 0 saturated carbocycles. The normalized spacial score (nSPS) is 28.4. The van der Waals surface area contributed by atoms with E-state index in [1.807, 2.05) is 6.08 Å². The molecule has 0 bridgehead atoms. The highest BCUT2D eigenvalue weighted by molar-refractivity contribution is 9.10. The van der Waals surface area contributed by atoms with E-state index in [4.69, 9.17) is 16.6 Å². The van der Waals surface area contributed by atoms with Crippen LogP contribution in [0.25, 0.3) is 0 Å². The molecule has 0 heterocycles. The third kappa shape index (κ3) is 3.25. The van der Waals surface area contributed by atoms with Gasteiger partial charge in [-0.2, -0.15) is 0 Å². The van der Waals surface area contributed by atoms with Gasteiger partial charge in [-0.15, -0.1) is 0 Å². The molecule has 5 heteroatoms. The molecule has 78 valence electrons. The summed E-state index contributed by atoms with van der Waals surface area (Å²) in [5, 5.41) is 8.61. The van der Waals surface area contributed by atoms with Gasteiger partial charge >= 0.3 is 5.97 Å². The Morgan fingerprint density at radius 1 is 1.79 bits per heavy atom. The van der Waals surface area contributed by atoms with Crippen LogP contribution in [0.3, 0.4) is 0 Å². The van der Waals surface area contributed by atoms with E-state index in [2.05, 4.69) is 15.9 Å². The van der Waals surface area contributed by atoms with Gasteiger partial charge in [-0.1, -0.05) is 34.2 Å². The summed E-state index contributed by atoms with van der Waals surface area (Å²) >= 11 is 3.31. The molecule has 1 aliphatic carbocycles. The van der Waals surface area contributed by atoms with Crippen molar-refractivity contribution in [3.05, 3.63) is 23.8 Å². The molecule has 14 heavy (non-hydrogen) atoms. The van der Waals surface area contributed by atoms with Crippen molar-refractivity contribution in [2.75, 3.05) is 0 Å². The van der Waals surface area contributed by atoms with Crippen LogP contribution < -0.4 is 11.5 Å². The topological polar surface area (TPSA) is 89.3 Å². The van der Waals surface area contributed by atoms with E-state index >= 15 is 0 Å². The monoisotopic (exact) mass is 260 g/mol. The van der Waals surface area contributed by atoms with Crippen molar-refractivity contribution in [3.8, 4) is 0 Å². The van der Waals surface area contributed by atoms with Crippen LogP contribution in [-0.2, 0) is 4.79 Å². The molecule has 2 atom stereocenters. The summed E-state index contributed by atoms with van der Waals surface area (Å²) in [5.41, 5.74) is 12.1. The summed E-state index contributed by atoms with van der Waals surface area (Å²) in [6, 6.07) is -0.841. The number of hydrogen-bond donors (Lipinski definition) is 3.